The Balaban J connectivity index is 1.40. The van der Waals surface area contributed by atoms with Crippen LogP contribution in [0.3, 0.4) is 0 Å². The summed E-state index contributed by atoms with van der Waals surface area (Å²) in [5, 5.41) is 2.90. The van der Waals surface area contributed by atoms with Crippen molar-refractivity contribution in [2.75, 3.05) is 13.1 Å². The molecule has 2 amide bonds. The molecule has 1 aliphatic rings. The standard InChI is InChI=1S/C16H17N3O2/c20-16(18-10-13-6-2-1-3-7-13)19-11-14(12-19)21-15-8-4-5-9-17-15/h1-9,14H,10-12H2,(H,18,20). The number of amides is 2. The summed E-state index contributed by atoms with van der Waals surface area (Å²) in [6.45, 7) is 1.73. The van der Waals surface area contributed by atoms with E-state index < -0.39 is 0 Å². The number of ether oxygens (including phenoxy) is 1. The number of urea groups is 1. The lowest BCUT2D eigenvalue weighted by atomic mass is 10.2. The lowest BCUT2D eigenvalue weighted by Crippen LogP contribution is -2.58. The Hall–Kier alpha value is -2.56. The predicted octanol–water partition coefficient (Wildman–Crippen LogP) is 2.05. The minimum atomic E-state index is -0.0558. The van der Waals surface area contributed by atoms with Gasteiger partial charge in [-0.15, -0.1) is 0 Å². The third-order valence-electron chi connectivity index (χ3n) is 3.35. The van der Waals surface area contributed by atoms with Crippen LogP contribution in [0.5, 0.6) is 5.88 Å². The van der Waals surface area contributed by atoms with Gasteiger partial charge in [0.2, 0.25) is 5.88 Å². The normalized spacial score (nSPS) is 14.4. The van der Waals surface area contributed by atoms with E-state index in [2.05, 4.69) is 10.3 Å². The second kappa shape index (κ2) is 6.26. The fourth-order valence-corrected chi connectivity index (χ4v) is 2.15. The molecule has 1 saturated heterocycles. The van der Waals surface area contributed by atoms with E-state index in [0.717, 1.165) is 5.56 Å². The van der Waals surface area contributed by atoms with E-state index in [1.165, 1.54) is 0 Å². The molecule has 5 heteroatoms. The van der Waals surface area contributed by atoms with Gasteiger partial charge < -0.3 is 15.0 Å². The zero-order valence-electron chi connectivity index (χ0n) is 11.6. The Kier molecular flexibility index (Phi) is 4.00. The third kappa shape index (κ3) is 3.51. The molecule has 1 aromatic heterocycles. The average molecular weight is 283 g/mol. The van der Waals surface area contributed by atoms with Crippen LogP contribution in [-0.2, 0) is 6.54 Å². The molecule has 0 aliphatic carbocycles. The van der Waals surface area contributed by atoms with Crippen LogP contribution in [-0.4, -0.2) is 35.1 Å². The molecule has 5 nitrogen and oxygen atoms in total. The summed E-state index contributed by atoms with van der Waals surface area (Å²) in [4.78, 5) is 17.8. The van der Waals surface area contributed by atoms with Crippen LogP contribution in [0.1, 0.15) is 5.56 Å². The molecule has 108 valence electrons. The molecule has 0 bridgehead atoms. The summed E-state index contributed by atoms with van der Waals surface area (Å²) >= 11 is 0. The van der Waals surface area contributed by atoms with E-state index >= 15 is 0 Å². The van der Waals surface area contributed by atoms with E-state index in [1.807, 2.05) is 48.5 Å². The van der Waals surface area contributed by atoms with E-state index in [0.29, 0.717) is 25.5 Å². The van der Waals surface area contributed by atoms with Gasteiger partial charge in [0.1, 0.15) is 6.10 Å². The number of rotatable bonds is 4. The number of nitrogens with one attached hydrogen (secondary N) is 1. The highest BCUT2D eigenvalue weighted by Gasteiger charge is 2.32. The molecular weight excluding hydrogens is 266 g/mol. The molecule has 0 saturated carbocycles. The molecule has 0 spiro atoms. The van der Waals surface area contributed by atoms with Gasteiger partial charge in [0.25, 0.3) is 0 Å². The monoisotopic (exact) mass is 283 g/mol. The first-order chi connectivity index (χ1) is 10.3. The summed E-state index contributed by atoms with van der Waals surface area (Å²) in [6, 6.07) is 15.3. The maximum atomic E-state index is 11.9. The van der Waals surface area contributed by atoms with Crippen LogP contribution >= 0.6 is 0 Å². The van der Waals surface area contributed by atoms with Crippen molar-refractivity contribution in [2.45, 2.75) is 12.6 Å². The van der Waals surface area contributed by atoms with E-state index in [4.69, 9.17) is 4.74 Å². The summed E-state index contributed by atoms with van der Waals surface area (Å²) in [5.74, 6) is 0.604. The highest BCUT2D eigenvalue weighted by Crippen LogP contribution is 2.15. The SMILES string of the molecule is O=C(NCc1ccccc1)N1CC(Oc2ccccn2)C1. The minimum Gasteiger partial charge on any atom is -0.471 e. The van der Waals surface area contributed by atoms with Gasteiger partial charge in [0, 0.05) is 18.8 Å². The molecule has 1 aromatic carbocycles. The van der Waals surface area contributed by atoms with Crippen LogP contribution in [0.2, 0.25) is 0 Å². The van der Waals surface area contributed by atoms with Gasteiger partial charge in [-0.05, 0) is 11.6 Å². The van der Waals surface area contributed by atoms with Crippen molar-refractivity contribution in [1.29, 1.82) is 0 Å². The topological polar surface area (TPSA) is 54.5 Å². The molecule has 0 radical (unpaired) electrons. The molecule has 3 rings (SSSR count). The van der Waals surface area contributed by atoms with Crippen LogP contribution in [0.25, 0.3) is 0 Å². The first-order valence-corrected chi connectivity index (χ1v) is 6.95. The molecular formula is C16H17N3O2. The highest BCUT2D eigenvalue weighted by molar-refractivity contribution is 5.75. The van der Waals surface area contributed by atoms with Crippen molar-refractivity contribution in [2.24, 2.45) is 0 Å². The lowest BCUT2D eigenvalue weighted by molar-refractivity contribution is 0.0413. The van der Waals surface area contributed by atoms with Crippen molar-refractivity contribution in [3.63, 3.8) is 0 Å². The first-order valence-electron chi connectivity index (χ1n) is 6.95. The number of benzene rings is 1. The Morgan fingerprint density at radius 3 is 2.67 bits per heavy atom. The molecule has 0 atom stereocenters. The number of likely N-dealkylation sites (tertiary alicyclic amines) is 1. The van der Waals surface area contributed by atoms with Crippen molar-refractivity contribution in [3.05, 3.63) is 60.3 Å². The molecule has 2 heterocycles. The second-order valence-electron chi connectivity index (χ2n) is 4.96. The van der Waals surface area contributed by atoms with Crippen LogP contribution in [0.4, 0.5) is 4.79 Å². The molecule has 0 unspecified atom stereocenters. The zero-order valence-corrected chi connectivity index (χ0v) is 11.6. The third-order valence-corrected chi connectivity index (χ3v) is 3.35. The average Bonchev–Trinajstić information content (AvgIpc) is 2.50. The van der Waals surface area contributed by atoms with E-state index in [1.54, 1.807) is 11.1 Å². The van der Waals surface area contributed by atoms with E-state index in [-0.39, 0.29) is 12.1 Å². The summed E-state index contributed by atoms with van der Waals surface area (Å²) < 4.78 is 5.66. The fourth-order valence-electron chi connectivity index (χ4n) is 2.15. The summed E-state index contributed by atoms with van der Waals surface area (Å²) in [6.07, 6.45) is 1.72. The fraction of sp³-hybridized carbons (Fsp3) is 0.250. The van der Waals surface area contributed by atoms with Crippen LogP contribution in [0.15, 0.2) is 54.7 Å². The largest absolute Gasteiger partial charge is 0.471 e. The van der Waals surface area contributed by atoms with Crippen LogP contribution in [0, 0.1) is 0 Å². The highest BCUT2D eigenvalue weighted by atomic mass is 16.5. The van der Waals surface area contributed by atoms with Gasteiger partial charge in [-0.2, -0.15) is 0 Å². The number of nitrogens with zero attached hydrogens (tertiary/aromatic N) is 2. The number of carbonyl (C=O) groups is 1. The molecule has 2 aromatic rings. The van der Waals surface area contributed by atoms with Gasteiger partial charge in [-0.25, -0.2) is 9.78 Å². The predicted molar refractivity (Wildman–Crippen MR) is 78.9 cm³/mol. The number of pyridine rings is 1. The summed E-state index contributed by atoms with van der Waals surface area (Å²) in [5.41, 5.74) is 1.09. The van der Waals surface area contributed by atoms with Crippen molar-refractivity contribution < 1.29 is 9.53 Å². The smallest absolute Gasteiger partial charge is 0.317 e. The quantitative estimate of drug-likeness (QED) is 0.934. The maximum absolute atomic E-state index is 11.9. The Morgan fingerprint density at radius 1 is 1.19 bits per heavy atom. The zero-order chi connectivity index (χ0) is 14.5. The molecule has 1 fully saturated rings. The van der Waals surface area contributed by atoms with Gasteiger partial charge >= 0.3 is 6.03 Å². The summed E-state index contributed by atoms with van der Waals surface area (Å²) in [7, 11) is 0. The minimum absolute atomic E-state index is 0.0300. The van der Waals surface area contributed by atoms with E-state index in [9.17, 15) is 4.79 Å². The van der Waals surface area contributed by atoms with Gasteiger partial charge in [-0.3, -0.25) is 0 Å². The van der Waals surface area contributed by atoms with Crippen molar-refractivity contribution in [3.8, 4) is 5.88 Å². The first kappa shape index (κ1) is 13.4. The molecule has 1 N–H and O–H groups in total. The lowest BCUT2D eigenvalue weighted by Gasteiger charge is -2.38. The van der Waals surface area contributed by atoms with Gasteiger partial charge in [0.15, 0.2) is 0 Å². The second-order valence-corrected chi connectivity index (χ2v) is 4.96. The molecule has 21 heavy (non-hydrogen) atoms. The van der Waals surface area contributed by atoms with Crippen LogP contribution < -0.4 is 10.1 Å². The number of aromatic nitrogens is 1. The number of carbonyl (C=O) groups excluding carboxylic acids is 1. The number of hydrogen-bond acceptors (Lipinski definition) is 3. The van der Waals surface area contributed by atoms with Crippen molar-refractivity contribution in [1.82, 2.24) is 15.2 Å². The Morgan fingerprint density at radius 2 is 1.95 bits per heavy atom. The molecule has 1 aliphatic heterocycles. The Labute approximate surface area is 123 Å². The number of hydrogen-bond donors (Lipinski definition) is 1. The Bertz CT molecular complexity index is 583. The maximum Gasteiger partial charge on any atom is 0.317 e. The van der Waals surface area contributed by atoms with Gasteiger partial charge in [0.05, 0.1) is 13.1 Å². The van der Waals surface area contributed by atoms with Gasteiger partial charge in [-0.1, -0.05) is 36.4 Å². The van der Waals surface area contributed by atoms with Crippen molar-refractivity contribution >= 4 is 6.03 Å².